The Hall–Kier alpha value is -3.45. The van der Waals surface area contributed by atoms with Gasteiger partial charge in [0.05, 0.1) is 24.5 Å². The zero-order valence-corrected chi connectivity index (χ0v) is 18.0. The Balaban J connectivity index is 1.69. The van der Waals surface area contributed by atoms with E-state index in [-0.39, 0.29) is 24.9 Å². The van der Waals surface area contributed by atoms with E-state index in [4.69, 9.17) is 5.10 Å². The van der Waals surface area contributed by atoms with Gasteiger partial charge >= 0.3 is 0 Å². The van der Waals surface area contributed by atoms with E-state index >= 15 is 0 Å². The zero-order valence-electron chi connectivity index (χ0n) is 18.0. The van der Waals surface area contributed by atoms with Gasteiger partial charge in [-0.15, -0.1) is 0 Å². The monoisotopic (exact) mass is 419 g/mol. The zero-order chi connectivity index (χ0) is 22.1. The first-order valence-corrected chi connectivity index (χ1v) is 10.5. The van der Waals surface area contributed by atoms with Crippen LogP contribution in [-0.2, 0) is 16.1 Å². The first-order valence-electron chi connectivity index (χ1n) is 10.5. The molecule has 0 unspecified atom stereocenters. The predicted molar refractivity (Wildman–Crippen MR) is 122 cm³/mol. The van der Waals surface area contributed by atoms with Gasteiger partial charge in [0.15, 0.2) is 0 Å². The predicted octanol–water partition coefficient (Wildman–Crippen LogP) is 2.61. The summed E-state index contributed by atoms with van der Waals surface area (Å²) in [5, 5.41) is 10.2. The lowest BCUT2D eigenvalue weighted by Gasteiger charge is -2.16. The van der Waals surface area contributed by atoms with Gasteiger partial charge in [0.2, 0.25) is 11.8 Å². The summed E-state index contributed by atoms with van der Waals surface area (Å²) in [5.41, 5.74) is 3.91. The van der Waals surface area contributed by atoms with E-state index < -0.39 is 0 Å². The Morgan fingerprint density at radius 3 is 2.32 bits per heavy atom. The van der Waals surface area contributed by atoms with Crippen molar-refractivity contribution in [2.45, 2.75) is 19.9 Å². The summed E-state index contributed by atoms with van der Waals surface area (Å²) in [6, 6.07) is 20.0. The molecule has 2 aromatic carbocycles. The Bertz CT molecular complexity index is 986. The molecule has 0 atom stereocenters. The maximum atomic E-state index is 12.2. The van der Waals surface area contributed by atoms with Crippen LogP contribution < -0.4 is 10.6 Å². The largest absolute Gasteiger partial charge is 0.355 e. The number of benzene rings is 2. The minimum atomic E-state index is -0.189. The highest BCUT2D eigenvalue weighted by Crippen LogP contribution is 2.24. The van der Waals surface area contributed by atoms with Gasteiger partial charge in [-0.3, -0.25) is 14.5 Å². The molecule has 0 aliphatic rings. The molecule has 7 heteroatoms. The van der Waals surface area contributed by atoms with Crippen LogP contribution in [0.15, 0.2) is 66.9 Å². The van der Waals surface area contributed by atoms with Gasteiger partial charge in [0, 0.05) is 30.4 Å². The van der Waals surface area contributed by atoms with Crippen molar-refractivity contribution < 1.29 is 9.59 Å². The molecule has 0 saturated heterocycles. The molecule has 3 aromatic rings. The average Bonchev–Trinajstić information content (AvgIpc) is 3.21. The lowest BCUT2D eigenvalue weighted by atomic mass is 10.1. The molecular formula is C24H29N5O2. The Kier molecular flexibility index (Phi) is 7.95. The van der Waals surface area contributed by atoms with Gasteiger partial charge in [-0.25, -0.2) is 4.68 Å². The van der Waals surface area contributed by atoms with Crippen LogP contribution in [0.5, 0.6) is 0 Å². The van der Waals surface area contributed by atoms with Crippen LogP contribution in [0.25, 0.3) is 16.9 Å². The molecule has 3 rings (SSSR count). The number of nitrogens with zero attached hydrogens (tertiary/aromatic N) is 3. The Morgan fingerprint density at radius 2 is 1.65 bits per heavy atom. The summed E-state index contributed by atoms with van der Waals surface area (Å²) < 4.78 is 1.86. The lowest BCUT2D eigenvalue weighted by Crippen LogP contribution is -2.41. The van der Waals surface area contributed by atoms with Gasteiger partial charge in [0.1, 0.15) is 0 Å². The first-order chi connectivity index (χ1) is 15.1. The van der Waals surface area contributed by atoms with Crippen molar-refractivity contribution in [2.75, 3.05) is 26.7 Å². The standard InChI is InChI=1S/C24H29N5O2/c1-3-14-25-22(30)15-26-23(31)18-28(2)16-20-17-29(21-12-8-5-9-13-21)27-24(20)19-10-6-4-7-11-19/h4-13,17H,3,14-16,18H2,1-2H3,(H,25,30)(H,26,31). The van der Waals surface area contributed by atoms with Crippen LogP contribution in [-0.4, -0.2) is 53.2 Å². The number of carbonyl (C=O) groups is 2. The van der Waals surface area contributed by atoms with Crippen LogP contribution >= 0.6 is 0 Å². The summed E-state index contributed by atoms with van der Waals surface area (Å²) in [4.78, 5) is 25.8. The van der Waals surface area contributed by atoms with Crippen molar-refractivity contribution in [1.82, 2.24) is 25.3 Å². The third-order valence-corrected chi connectivity index (χ3v) is 4.73. The average molecular weight is 420 g/mol. The van der Waals surface area contributed by atoms with E-state index in [0.717, 1.165) is 28.9 Å². The van der Waals surface area contributed by atoms with Gasteiger partial charge < -0.3 is 10.6 Å². The number of likely N-dealkylation sites (N-methyl/N-ethyl adjacent to an activating group) is 1. The molecule has 0 saturated carbocycles. The van der Waals surface area contributed by atoms with Crippen molar-refractivity contribution in [1.29, 1.82) is 0 Å². The quantitative estimate of drug-likeness (QED) is 0.530. The van der Waals surface area contributed by atoms with Crippen molar-refractivity contribution >= 4 is 11.8 Å². The van der Waals surface area contributed by atoms with Crippen molar-refractivity contribution in [3.8, 4) is 16.9 Å². The molecule has 162 valence electrons. The third kappa shape index (κ3) is 6.52. The van der Waals surface area contributed by atoms with Crippen LogP contribution in [0.4, 0.5) is 0 Å². The second kappa shape index (κ2) is 11.1. The number of carbonyl (C=O) groups excluding carboxylic acids is 2. The second-order valence-corrected chi connectivity index (χ2v) is 7.45. The van der Waals surface area contributed by atoms with Gasteiger partial charge in [-0.05, 0) is 25.6 Å². The fraction of sp³-hybridized carbons (Fsp3) is 0.292. The SMILES string of the molecule is CCCNC(=O)CNC(=O)CN(C)Cc1cn(-c2ccccc2)nc1-c1ccccc1. The molecule has 1 heterocycles. The highest BCUT2D eigenvalue weighted by molar-refractivity contribution is 5.85. The minimum Gasteiger partial charge on any atom is -0.355 e. The molecule has 0 bridgehead atoms. The van der Waals surface area contributed by atoms with Crippen LogP contribution in [0.2, 0.25) is 0 Å². The smallest absolute Gasteiger partial charge is 0.239 e. The van der Waals surface area contributed by atoms with Crippen LogP contribution in [0, 0.1) is 0 Å². The number of amides is 2. The topological polar surface area (TPSA) is 79.3 Å². The fourth-order valence-electron chi connectivity index (χ4n) is 3.23. The number of hydrogen-bond acceptors (Lipinski definition) is 4. The molecule has 2 amide bonds. The first kappa shape index (κ1) is 22.2. The Morgan fingerprint density at radius 1 is 0.968 bits per heavy atom. The third-order valence-electron chi connectivity index (χ3n) is 4.73. The van der Waals surface area contributed by atoms with E-state index in [2.05, 4.69) is 10.6 Å². The summed E-state index contributed by atoms with van der Waals surface area (Å²) >= 11 is 0. The van der Waals surface area contributed by atoms with Crippen molar-refractivity contribution in [3.05, 3.63) is 72.4 Å². The van der Waals surface area contributed by atoms with E-state index in [1.165, 1.54) is 0 Å². The molecule has 0 aliphatic carbocycles. The molecule has 1 aromatic heterocycles. The highest BCUT2D eigenvalue weighted by Gasteiger charge is 2.16. The molecule has 0 fully saturated rings. The molecule has 7 nitrogen and oxygen atoms in total. The number of rotatable bonds is 10. The molecule has 0 spiro atoms. The second-order valence-electron chi connectivity index (χ2n) is 7.45. The minimum absolute atomic E-state index is 0.00607. The van der Waals surface area contributed by atoms with Crippen LogP contribution in [0.3, 0.4) is 0 Å². The van der Waals surface area contributed by atoms with E-state index in [1.807, 2.05) is 90.4 Å². The van der Waals surface area contributed by atoms with Crippen LogP contribution in [0.1, 0.15) is 18.9 Å². The molecule has 2 N–H and O–H groups in total. The normalized spacial score (nSPS) is 10.8. The summed E-state index contributed by atoms with van der Waals surface area (Å²) in [6.07, 6.45) is 2.87. The number of hydrogen-bond donors (Lipinski definition) is 2. The van der Waals surface area contributed by atoms with E-state index in [1.54, 1.807) is 0 Å². The number of aromatic nitrogens is 2. The molecule has 0 aliphatic heterocycles. The number of nitrogens with one attached hydrogen (secondary N) is 2. The van der Waals surface area contributed by atoms with Gasteiger partial charge in [0.25, 0.3) is 0 Å². The summed E-state index contributed by atoms with van der Waals surface area (Å²) in [6.45, 7) is 3.33. The maximum absolute atomic E-state index is 12.2. The molecule has 0 radical (unpaired) electrons. The lowest BCUT2D eigenvalue weighted by molar-refractivity contribution is -0.126. The highest BCUT2D eigenvalue weighted by atomic mass is 16.2. The number of para-hydroxylation sites is 1. The van der Waals surface area contributed by atoms with Crippen molar-refractivity contribution in [3.63, 3.8) is 0 Å². The Labute approximate surface area is 183 Å². The van der Waals surface area contributed by atoms with E-state index in [0.29, 0.717) is 13.1 Å². The maximum Gasteiger partial charge on any atom is 0.239 e. The van der Waals surface area contributed by atoms with Crippen molar-refractivity contribution in [2.24, 2.45) is 0 Å². The molecule has 31 heavy (non-hydrogen) atoms. The van der Waals surface area contributed by atoms with Gasteiger partial charge in [-0.1, -0.05) is 55.5 Å². The fourth-order valence-corrected chi connectivity index (χ4v) is 3.23. The summed E-state index contributed by atoms with van der Waals surface area (Å²) in [5.74, 6) is -0.362. The summed E-state index contributed by atoms with van der Waals surface area (Å²) in [7, 11) is 1.88. The van der Waals surface area contributed by atoms with E-state index in [9.17, 15) is 9.59 Å². The van der Waals surface area contributed by atoms with Gasteiger partial charge in [-0.2, -0.15) is 5.10 Å². The molecular weight excluding hydrogens is 390 g/mol.